The maximum Gasteiger partial charge on any atom is 0.511 e. The van der Waals surface area contributed by atoms with Gasteiger partial charge in [-0.1, -0.05) is 13.8 Å². The zero-order valence-corrected chi connectivity index (χ0v) is 12.3. The van der Waals surface area contributed by atoms with Crippen molar-refractivity contribution in [3.05, 3.63) is 23.5 Å². The second-order valence-electron chi connectivity index (χ2n) is 5.44. The Labute approximate surface area is 122 Å². The van der Waals surface area contributed by atoms with Crippen LogP contribution in [-0.2, 0) is 4.79 Å². The van der Waals surface area contributed by atoms with Crippen molar-refractivity contribution in [1.82, 2.24) is 10.3 Å². The molecule has 0 radical (unpaired) electrons. The van der Waals surface area contributed by atoms with E-state index in [9.17, 15) is 9.59 Å². The van der Waals surface area contributed by atoms with Crippen LogP contribution in [0.1, 0.15) is 32.0 Å². The number of amidine groups is 1. The number of aliphatic imine (C=N–C) groups is 1. The third-order valence-electron chi connectivity index (χ3n) is 3.57. The molecule has 2 N–H and O–H groups in total. The minimum absolute atomic E-state index is 0.00992. The van der Waals surface area contributed by atoms with Gasteiger partial charge in [0.15, 0.2) is 11.6 Å². The highest BCUT2D eigenvalue weighted by Gasteiger charge is 2.43. The summed E-state index contributed by atoms with van der Waals surface area (Å²) >= 11 is 0. The number of ether oxygens (including phenoxy) is 1. The molecule has 1 aliphatic rings. The number of rotatable bonds is 3. The number of nitrogens with one attached hydrogen (secondary N) is 1. The maximum absolute atomic E-state index is 12.1. The second kappa shape index (κ2) is 5.16. The van der Waals surface area contributed by atoms with E-state index < -0.39 is 11.7 Å². The van der Waals surface area contributed by atoms with Gasteiger partial charge in [-0.2, -0.15) is 0 Å². The van der Waals surface area contributed by atoms with E-state index in [0.717, 1.165) is 5.56 Å². The van der Waals surface area contributed by atoms with E-state index in [1.807, 2.05) is 13.8 Å². The van der Waals surface area contributed by atoms with E-state index in [1.54, 1.807) is 20.0 Å². The third-order valence-corrected chi connectivity index (χ3v) is 3.57. The van der Waals surface area contributed by atoms with Crippen molar-refractivity contribution >= 4 is 17.9 Å². The average Bonchev–Trinajstić information content (AvgIpc) is 2.66. The van der Waals surface area contributed by atoms with E-state index in [0.29, 0.717) is 0 Å². The molecular weight excluding hydrogens is 274 g/mol. The van der Waals surface area contributed by atoms with Gasteiger partial charge < -0.3 is 15.2 Å². The summed E-state index contributed by atoms with van der Waals surface area (Å²) in [6.45, 7) is 7.27. The van der Waals surface area contributed by atoms with Crippen LogP contribution in [0.5, 0.6) is 5.75 Å². The van der Waals surface area contributed by atoms with Crippen LogP contribution in [0.25, 0.3) is 0 Å². The predicted molar refractivity (Wildman–Crippen MR) is 75.5 cm³/mol. The summed E-state index contributed by atoms with van der Waals surface area (Å²) in [7, 11) is 0. The number of hydrogen-bond acceptors (Lipinski definition) is 5. The topological polar surface area (TPSA) is 101 Å². The Kier molecular flexibility index (Phi) is 3.67. The molecule has 1 aromatic heterocycles. The van der Waals surface area contributed by atoms with Crippen molar-refractivity contribution in [2.45, 2.75) is 33.2 Å². The lowest BCUT2D eigenvalue weighted by Gasteiger charge is -2.21. The van der Waals surface area contributed by atoms with Crippen molar-refractivity contribution in [3.63, 3.8) is 0 Å². The zero-order chi connectivity index (χ0) is 15.8. The van der Waals surface area contributed by atoms with E-state index in [4.69, 9.17) is 9.84 Å². The smallest absolute Gasteiger partial charge is 0.449 e. The van der Waals surface area contributed by atoms with Gasteiger partial charge in [0.05, 0.1) is 0 Å². The highest BCUT2D eigenvalue weighted by Crippen LogP contribution is 2.28. The van der Waals surface area contributed by atoms with E-state index in [1.165, 1.54) is 6.07 Å². The summed E-state index contributed by atoms with van der Waals surface area (Å²) in [6, 6.07) is 1.54. The standard InChI is InChI=1S/C14H17N3O4/c1-7(2)14(4)12(18)16-11(17-14)10-9(21-13(19)20)5-8(3)6-15-10/h5-7H,1-4H3,(H,19,20)(H,16,17,18). The molecule has 112 valence electrons. The lowest BCUT2D eigenvalue weighted by atomic mass is 9.89. The van der Waals surface area contributed by atoms with Crippen LogP contribution in [0.15, 0.2) is 17.3 Å². The van der Waals surface area contributed by atoms with Crippen LogP contribution in [0.2, 0.25) is 0 Å². The third kappa shape index (κ3) is 2.72. The molecule has 1 aromatic rings. The molecule has 2 heterocycles. The molecule has 1 aliphatic heterocycles. The van der Waals surface area contributed by atoms with Gasteiger partial charge in [-0.05, 0) is 31.4 Å². The Hall–Kier alpha value is -2.44. The Bertz CT molecular complexity index is 639. The van der Waals surface area contributed by atoms with Gasteiger partial charge in [0.1, 0.15) is 11.2 Å². The van der Waals surface area contributed by atoms with Crippen LogP contribution < -0.4 is 10.1 Å². The fraction of sp³-hybridized carbons (Fsp3) is 0.429. The first-order valence-corrected chi connectivity index (χ1v) is 6.53. The molecule has 0 spiro atoms. The summed E-state index contributed by atoms with van der Waals surface area (Å²) < 4.78 is 4.72. The summed E-state index contributed by atoms with van der Waals surface area (Å²) in [5.74, 6) is 0.0300. The number of hydrogen-bond donors (Lipinski definition) is 2. The number of pyridine rings is 1. The lowest BCUT2D eigenvalue weighted by molar-refractivity contribution is -0.124. The number of carbonyl (C=O) groups excluding carboxylic acids is 1. The number of carboxylic acid groups (broad SMARTS) is 1. The molecule has 2 rings (SSSR count). The Balaban J connectivity index is 2.48. The van der Waals surface area contributed by atoms with Crippen LogP contribution >= 0.6 is 0 Å². The molecule has 21 heavy (non-hydrogen) atoms. The second-order valence-corrected chi connectivity index (χ2v) is 5.44. The number of amides is 1. The van der Waals surface area contributed by atoms with Gasteiger partial charge in [0, 0.05) is 6.20 Å². The van der Waals surface area contributed by atoms with Crippen LogP contribution in [0.3, 0.4) is 0 Å². The molecule has 7 heteroatoms. The van der Waals surface area contributed by atoms with Crippen molar-refractivity contribution < 1.29 is 19.4 Å². The highest BCUT2D eigenvalue weighted by atomic mass is 16.7. The number of aromatic nitrogens is 1. The predicted octanol–water partition coefficient (Wildman–Crippen LogP) is 1.74. The SMILES string of the molecule is Cc1cnc(C2=NC(C)(C(C)C)C(=O)N2)c(OC(=O)O)c1. The maximum atomic E-state index is 12.1. The summed E-state index contributed by atoms with van der Waals surface area (Å²) in [6.07, 6.45) is 0.115. The Morgan fingerprint density at radius 3 is 2.67 bits per heavy atom. The van der Waals surface area contributed by atoms with Crippen LogP contribution in [-0.4, -0.2) is 33.5 Å². The van der Waals surface area contributed by atoms with E-state index in [2.05, 4.69) is 15.3 Å². The minimum Gasteiger partial charge on any atom is -0.449 e. The average molecular weight is 291 g/mol. The van der Waals surface area contributed by atoms with Gasteiger partial charge >= 0.3 is 6.16 Å². The van der Waals surface area contributed by atoms with Gasteiger partial charge in [-0.3, -0.25) is 4.79 Å². The van der Waals surface area contributed by atoms with Crippen molar-refractivity contribution in [1.29, 1.82) is 0 Å². The molecule has 0 aliphatic carbocycles. The largest absolute Gasteiger partial charge is 0.511 e. The number of aryl methyl sites for hydroxylation is 1. The molecular formula is C14H17N3O4. The van der Waals surface area contributed by atoms with Crippen molar-refractivity contribution in [2.24, 2.45) is 10.9 Å². The van der Waals surface area contributed by atoms with Crippen LogP contribution in [0, 0.1) is 12.8 Å². The molecule has 0 bridgehead atoms. The molecule has 0 saturated heterocycles. The quantitative estimate of drug-likeness (QED) is 0.826. The fourth-order valence-corrected chi connectivity index (χ4v) is 1.94. The number of nitrogens with zero attached hydrogens (tertiary/aromatic N) is 2. The Morgan fingerprint density at radius 1 is 1.48 bits per heavy atom. The first-order chi connectivity index (χ1) is 9.74. The molecule has 0 fully saturated rings. The molecule has 0 aromatic carbocycles. The van der Waals surface area contributed by atoms with E-state index >= 15 is 0 Å². The Morgan fingerprint density at radius 2 is 2.14 bits per heavy atom. The first kappa shape index (κ1) is 15.0. The highest BCUT2D eigenvalue weighted by molar-refractivity contribution is 6.15. The molecule has 1 amide bonds. The van der Waals surface area contributed by atoms with Gasteiger partial charge in [0.25, 0.3) is 5.91 Å². The lowest BCUT2D eigenvalue weighted by Crippen LogP contribution is -2.41. The normalized spacial score (nSPS) is 21.2. The summed E-state index contributed by atoms with van der Waals surface area (Å²) in [5.41, 5.74) is 0.0508. The zero-order valence-electron chi connectivity index (χ0n) is 12.3. The molecule has 0 saturated carbocycles. The summed E-state index contributed by atoms with van der Waals surface area (Å²) in [4.78, 5) is 31.4. The van der Waals surface area contributed by atoms with Crippen molar-refractivity contribution in [2.75, 3.05) is 0 Å². The van der Waals surface area contributed by atoms with Crippen molar-refractivity contribution in [3.8, 4) is 5.75 Å². The monoisotopic (exact) mass is 291 g/mol. The molecule has 7 nitrogen and oxygen atoms in total. The minimum atomic E-state index is -1.44. The van der Waals surface area contributed by atoms with Gasteiger partial charge in [-0.15, -0.1) is 0 Å². The fourth-order valence-electron chi connectivity index (χ4n) is 1.94. The number of carbonyl (C=O) groups is 2. The van der Waals surface area contributed by atoms with Gasteiger partial charge in [-0.25, -0.2) is 14.8 Å². The summed E-state index contributed by atoms with van der Waals surface area (Å²) in [5, 5.41) is 11.4. The van der Waals surface area contributed by atoms with E-state index in [-0.39, 0.29) is 29.1 Å². The van der Waals surface area contributed by atoms with Crippen LogP contribution in [0.4, 0.5) is 4.79 Å². The first-order valence-electron chi connectivity index (χ1n) is 6.53. The van der Waals surface area contributed by atoms with Gasteiger partial charge in [0.2, 0.25) is 0 Å². The molecule has 1 atom stereocenters. The molecule has 1 unspecified atom stereocenters.